The van der Waals surface area contributed by atoms with Gasteiger partial charge >= 0.3 is 0 Å². The number of hydrogen-bond donors (Lipinski definition) is 2. The van der Waals surface area contributed by atoms with Crippen molar-refractivity contribution >= 4 is 11.8 Å². The molecule has 2 aromatic rings. The number of aromatic nitrogens is 1. The van der Waals surface area contributed by atoms with Gasteiger partial charge in [-0.1, -0.05) is 17.3 Å². The number of rotatable bonds is 4. The van der Waals surface area contributed by atoms with Crippen LogP contribution in [0.3, 0.4) is 0 Å². The maximum atomic E-state index is 13.6. The van der Waals surface area contributed by atoms with Crippen LogP contribution in [0.5, 0.6) is 0 Å². The minimum Gasteiger partial charge on any atom is -0.356 e. The highest BCUT2D eigenvalue weighted by molar-refractivity contribution is 5.90. The number of nitrogens with one attached hydrogen (secondary N) is 2. The number of carbonyl (C=O) groups is 2. The lowest BCUT2D eigenvalue weighted by Crippen LogP contribution is -2.41. The quantitative estimate of drug-likeness (QED) is 0.893. The van der Waals surface area contributed by atoms with Crippen LogP contribution in [0.4, 0.5) is 4.39 Å². The third kappa shape index (κ3) is 2.98. The van der Waals surface area contributed by atoms with E-state index in [4.69, 9.17) is 4.52 Å². The van der Waals surface area contributed by atoms with Crippen LogP contribution in [0.2, 0.25) is 0 Å². The highest BCUT2D eigenvalue weighted by Crippen LogP contribution is 2.23. The van der Waals surface area contributed by atoms with Gasteiger partial charge in [-0.15, -0.1) is 0 Å². The Kier molecular flexibility index (Phi) is 3.86. The van der Waals surface area contributed by atoms with Gasteiger partial charge in [0.15, 0.2) is 5.76 Å². The first-order chi connectivity index (χ1) is 10.6. The van der Waals surface area contributed by atoms with E-state index in [2.05, 4.69) is 15.8 Å². The molecule has 2 N–H and O–H groups in total. The van der Waals surface area contributed by atoms with Crippen LogP contribution < -0.4 is 10.6 Å². The smallest absolute Gasteiger partial charge is 0.242 e. The average Bonchev–Trinajstić information content (AvgIpc) is 3.14. The van der Waals surface area contributed by atoms with Gasteiger partial charge in [0.2, 0.25) is 11.8 Å². The third-order valence-corrected chi connectivity index (χ3v) is 3.45. The third-order valence-electron chi connectivity index (χ3n) is 3.45. The molecule has 1 aliphatic heterocycles. The van der Waals surface area contributed by atoms with Gasteiger partial charge in [-0.25, -0.2) is 4.39 Å². The highest BCUT2D eigenvalue weighted by atomic mass is 19.1. The van der Waals surface area contributed by atoms with Crippen molar-refractivity contribution in [2.75, 3.05) is 0 Å². The number of hydrogen-bond acceptors (Lipinski definition) is 4. The number of benzene rings is 1. The molecule has 7 heteroatoms. The number of amides is 2. The molecule has 0 aliphatic carbocycles. The summed E-state index contributed by atoms with van der Waals surface area (Å²) in [5, 5.41) is 9.06. The Morgan fingerprint density at radius 2 is 2.27 bits per heavy atom. The fourth-order valence-corrected chi connectivity index (χ4v) is 2.29. The molecule has 0 radical (unpaired) electrons. The van der Waals surface area contributed by atoms with Gasteiger partial charge in [-0.3, -0.25) is 9.59 Å². The Hall–Kier alpha value is -2.70. The van der Waals surface area contributed by atoms with Crippen LogP contribution >= 0.6 is 0 Å². The molecule has 6 nitrogen and oxygen atoms in total. The van der Waals surface area contributed by atoms with E-state index in [1.807, 2.05) is 0 Å². The van der Waals surface area contributed by atoms with Crippen LogP contribution in [-0.2, 0) is 16.1 Å². The molecule has 1 aromatic carbocycles. The number of nitrogens with zero attached hydrogens (tertiary/aromatic N) is 1. The van der Waals surface area contributed by atoms with Crippen molar-refractivity contribution in [1.82, 2.24) is 15.8 Å². The largest absolute Gasteiger partial charge is 0.356 e. The van der Waals surface area contributed by atoms with Crippen LogP contribution in [-0.4, -0.2) is 23.0 Å². The van der Waals surface area contributed by atoms with E-state index in [0.29, 0.717) is 29.9 Å². The van der Waals surface area contributed by atoms with Gasteiger partial charge in [0.05, 0.1) is 12.1 Å². The summed E-state index contributed by atoms with van der Waals surface area (Å²) in [6.45, 7) is 0.156. The molecule has 1 atom stereocenters. The van der Waals surface area contributed by atoms with Crippen molar-refractivity contribution in [2.45, 2.75) is 25.4 Å². The fourth-order valence-electron chi connectivity index (χ4n) is 2.29. The molecule has 1 aromatic heterocycles. The van der Waals surface area contributed by atoms with Crippen molar-refractivity contribution in [3.8, 4) is 11.3 Å². The number of halogens is 1. The normalized spacial score (nSPS) is 17.3. The maximum Gasteiger partial charge on any atom is 0.242 e. The van der Waals surface area contributed by atoms with Gasteiger partial charge in [0.25, 0.3) is 0 Å². The van der Waals surface area contributed by atoms with Gasteiger partial charge in [0, 0.05) is 12.5 Å². The predicted molar refractivity (Wildman–Crippen MR) is 74.9 cm³/mol. The van der Waals surface area contributed by atoms with Crippen LogP contribution in [0, 0.1) is 5.82 Å². The molecule has 1 saturated heterocycles. The van der Waals surface area contributed by atoms with Crippen molar-refractivity contribution in [3.05, 3.63) is 41.8 Å². The van der Waals surface area contributed by atoms with E-state index in [0.717, 1.165) is 0 Å². The summed E-state index contributed by atoms with van der Waals surface area (Å²) in [7, 11) is 0. The molecule has 0 spiro atoms. The lowest BCUT2D eigenvalue weighted by atomic mass is 10.1. The Bertz CT molecular complexity index is 714. The Morgan fingerprint density at radius 3 is 3.00 bits per heavy atom. The van der Waals surface area contributed by atoms with E-state index in [1.165, 1.54) is 6.07 Å². The zero-order valence-corrected chi connectivity index (χ0v) is 11.6. The highest BCUT2D eigenvalue weighted by Gasteiger charge is 2.27. The standard InChI is InChI=1S/C15H14FN3O3/c16-11-4-2-1-3-10(11)13-7-9(19-22-13)8-17-15(21)12-5-6-14(20)18-12/h1-4,7,12H,5-6,8H2,(H,17,21)(H,18,20)/t12-/m0/s1. The Labute approximate surface area is 125 Å². The first-order valence-electron chi connectivity index (χ1n) is 6.91. The topological polar surface area (TPSA) is 84.2 Å². The van der Waals surface area contributed by atoms with E-state index in [9.17, 15) is 14.0 Å². The average molecular weight is 303 g/mol. The molecule has 1 aliphatic rings. The summed E-state index contributed by atoms with van der Waals surface area (Å²) in [5.74, 6) is -0.482. The summed E-state index contributed by atoms with van der Waals surface area (Å²) < 4.78 is 18.7. The molecular formula is C15H14FN3O3. The van der Waals surface area contributed by atoms with Crippen molar-refractivity contribution in [2.24, 2.45) is 0 Å². The Balaban J connectivity index is 1.62. The van der Waals surface area contributed by atoms with E-state index in [-0.39, 0.29) is 18.4 Å². The number of carbonyl (C=O) groups excluding carboxylic acids is 2. The molecular weight excluding hydrogens is 289 g/mol. The molecule has 2 heterocycles. The second-order valence-electron chi connectivity index (χ2n) is 5.04. The lowest BCUT2D eigenvalue weighted by Gasteiger charge is -2.09. The summed E-state index contributed by atoms with van der Waals surface area (Å²) in [6, 6.07) is 7.29. The van der Waals surface area contributed by atoms with E-state index in [1.54, 1.807) is 24.3 Å². The summed E-state index contributed by atoms with van der Waals surface area (Å²) in [4.78, 5) is 22.9. The summed E-state index contributed by atoms with van der Waals surface area (Å²) in [6.07, 6.45) is 0.851. The molecule has 114 valence electrons. The SMILES string of the molecule is O=C1CC[C@@H](C(=O)NCc2cc(-c3ccccc3F)on2)N1. The Morgan fingerprint density at radius 1 is 1.45 bits per heavy atom. The molecule has 0 unspecified atom stereocenters. The fraction of sp³-hybridized carbons (Fsp3) is 0.267. The van der Waals surface area contributed by atoms with Crippen LogP contribution in [0.1, 0.15) is 18.5 Å². The van der Waals surface area contributed by atoms with Crippen molar-refractivity contribution in [1.29, 1.82) is 0 Å². The molecule has 3 rings (SSSR count). The van der Waals surface area contributed by atoms with Crippen LogP contribution in [0.15, 0.2) is 34.9 Å². The van der Waals surface area contributed by atoms with Crippen molar-refractivity contribution in [3.63, 3.8) is 0 Å². The second-order valence-corrected chi connectivity index (χ2v) is 5.04. The predicted octanol–water partition coefficient (Wildman–Crippen LogP) is 1.38. The lowest BCUT2D eigenvalue weighted by molar-refractivity contribution is -0.125. The minimum atomic E-state index is -0.495. The van der Waals surface area contributed by atoms with Gasteiger partial charge in [-0.2, -0.15) is 0 Å². The first kappa shape index (κ1) is 14.2. The molecule has 1 fully saturated rings. The van der Waals surface area contributed by atoms with Gasteiger partial charge in [0.1, 0.15) is 17.6 Å². The molecule has 0 saturated carbocycles. The zero-order chi connectivity index (χ0) is 15.5. The summed E-state index contributed by atoms with van der Waals surface area (Å²) in [5.41, 5.74) is 0.798. The van der Waals surface area contributed by atoms with Gasteiger partial charge < -0.3 is 15.2 Å². The second kappa shape index (κ2) is 5.97. The molecule has 2 amide bonds. The maximum absolute atomic E-state index is 13.6. The van der Waals surface area contributed by atoms with Gasteiger partial charge in [-0.05, 0) is 18.6 Å². The van der Waals surface area contributed by atoms with Crippen molar-refractivity contribution < 1.29 is 18.5 Å². The molecule has 0 bridgehead atoms. The van der Waals surface area contributed by atoms with Crippen LogP contribution in [0.25, 0.3) is 11.3 Å². The summed E-state index contributed by atoms with van der Waals surface area (Å²) >= 11 is 0. The first-order valence-corrected chi connectivity index (χ1v) is 6.91. The van der Waals surface area contributed by atoms with E-state index >= 15 is 0 Å². The zero-order valence-electron chi connectivity index (χ0n) is 11.6. The van der Waals surface area contributed by atoms with E-state index < -0.39 is 11.9 Å². The monoisotopic (exact) mass is 303 g/mol. The minimum absolute atomic E-state index is 0.122. The molecule has 22 heavy (non-hydrogen) atoms.